The standard InChI is InChI=1S/C15H18N2O3/c1-3-9-20-14-8-6-5-7-13(14)17-11(4-2)10-12(16-17)15(18)19/h5-8,10H,3-4,9H2,1-2H3,(H,18,19). The van der Waals surface area contributed by atoms with Crippen LogP contribution in [0.3, 0.4) is 0 Å². The van der Waals surface area contributed by atoms with Gasteiger partial charge in [-0.25, -0.2) is 9.48 Å². The van der Waals surface area contributed by atoms with Crippen molar-refractivity contribution < 1.29 is 14.6 Å². The van der Waals surface area contributed by atoms with Crippen LogP contribution in [-0.4, -0.2) is 27.5 Å². The van der Waals surface area contributed by atoms with E-state index in [1.54, 1.807) is 10.7 Å². The van der Waals surface area contributed by atoms with Crippen LogP contribution in [0.15, 0.2) is 30.3 Å². The summed E-state index contributed by atoms with van der Waals surface area (Å²) in [6.07, 6.45) is 1.61. The van der Waals surface area contributed by atoms with Crippen LogP contribution < -0.4 is 4.74 Å². The molecule has 0 saturated carbocycles. The molecule has 0 aliphatic heterocycles. The average Bonchev–Trinajstić information content (AvgIpc) is 2.89. The minimum atomic E-state index is -1.02. The van der Waals surface area contributed by atoms with Crippen molar-refractivity contribution in [2.75, 3.05) is 6.61 Å². The maximum absolute atomic E-state index is 11.1. The molecule has 0 unspecified atom stereocenters. The minimum absolute atomic E-state index is 0.0483. The fourth-order valence-corrected chi connectivity index (χ4v) is 1.95. The van der Waals surface area contributed by atoms with Crippen LogP contribution in [0.1, 0.15) is 36.5 Å². The van der Waals surface area contributed by atoms with E-state index >= 15 is 0 Å². The summed E-state index contributed by atoms with van der Waals surface area (Å²) in [7, 11) is 0. The van der Waals surface area contributed by atoms with E-state index in [0.29, 0.717) is 18.8 Å². The van der Waals surface area contributed by atoms with E-state index in [0.717, 1.165) is 17.8 Å². The molecular formula is C15H18N2O3. The van der Waals surface area contributed by atoms with Crippen LogP contribution in [0.2, 0.25) is 0 Å². The molecule has 106 valence electrons. The van der Waals surface area contributed by atoms with Gasteiger partial charge in [0.25, 0.3) is 0 Å². The zero-order valence-electron chi connectivity index (χ0n) is 11.7. The summed E-state index contributed by atoms with van der Waals surface area (Å²) in [6.45, 7) is 4.62. The summed E-state index contributed by atoms with van der Waals surface area (Å²) < 4.78 is 7.35. The summed E-state index contributed by atoms with van der Waals surface area (Å²) in [6, 6.07) is 9.12. The fraction of sp³-hybridized carbons (Fsp3) is 0.333. The number of aromatic carboxylic acids is 1. The number of aryl methyl sites for hydroxylation is 1. The van der Waals surface area contributed by atoms with Crippen LogP contribution in [0, 0.1) is 0 Å². The third-order valence-corrected chi connectivity index (χ3v) is 2.92. The van der Waals surface area contributed by atoms with Gasteiger partial charge in [-0.05, 0) is 31.0 Å². The van der Waals surface area contributed by atoms with Crippen molar-refractivity contribution in [3.63, 3.8) is 0 Å². The molecule has 0 fully saturated rings. The number of hydrogen-bond acceptors (Lipinski definition) is 3. The Morgan fingerprint density at radius 3 is 2.75 bits per heavy atom. The van der Waals surface area contributed by atoms with Crippen LogP contribution >= 0.6 is 0 Å². The summed E-state index contributed by atoms with van der Waals surface area (Å²) in [4.78, 5) is 11.1. The van der Waals surface area contributed by atoms with Crippen molar-refractivity contribution in [3.05, 3.63) is 41.7 Å². The summed E-state index contributed by atoms with van der Waals surface area (Å²) in [5, 5.41) is 13.2. The second-order valence-electron chi connectivity index (χ2n) is 4.41. The Kier molecular flexibility index (Phi) is 4.40. The number of carboxylic acids is 1. The highest BCUT2D eigenvalue weighted by molar-refractivity contribution is 5.85. The number of carboxylic acid groups (broad SMARTS) is 1. The van der Waals surface area contributed by atoms with Gasteiger partial charge in [-0.3, -0.25) is 0 Å². The molecule has 0 aliphatic rings. The van der Waals surface area contributed by atoms with E-state index in [1.807, 2.05) is 38.1 Å². The first-order valence-electron chi connectivity index (χ1n) is 6.71. The zero-order valence-corrected chi connectivity index (χ0v) is 11.7. The molecule has 5 heteroatoms. The Morgan fingerprint density at radius 2 is 2.10 bits per heavy atom. The molecule has 0 aliphatic carbocycles. The topological polar surface area (TPSA) is 64.4 Å². The largest absolute Gasteiger partial charge is 0.491 e. The molecule has 0 bridgehead atoms. The number of aromatic nitrogens is 2. The van der Waals surface area contributed by atoms with E-state index < -0.39 is 5.97 Å². The van der Waals surface area contributed by atoms with Crippen LogP contribution in [0.4, 0.5) is 0 Å². The fourth-order valence-electron chi connectivity index (χ4n) is 1.95. The SMILES string of the molecule is CCCOc1ccccc1-n1nc(C(=O)O)cc1CC. The van der Waals surface area contributed by atoms with Crippen molar-refractivity contribution in [1.82, 2.24) is 9.78 Å². The lowest BCUT2D eigenvalue weighted by Gasteiger charge is -2.12. The Bertz CT molecular complexity index is 605. The number of rotatable bonds is 6. The second-order valence-corrected chi connectivity index (χ2v) is 4.41. The number of nitrogens with zero attached hydrogens (tertiary/aromatic N) is 2. The summed E-state index contributed by atoms with van der Waals surface area (Å²) in [5.74, 6) is -0.311. The van der Waals surface area contributed by atoms with E-state index in [2.05, 4.69) is 5.10 Å². The van der Waals surface area contributed by atoms with Gasteiger partial charge >= 0.3 is 5.97 Å². The lowest BCUT2D eigenvalue weighted by molar-refractivity contribution is 0.0690. The van der Waals surface area contributed by atoms with Crippen molar-refractivity contribution in [2.24, 2.45) is 0 Å². The molecular weight excluding hydrogens is 256 g/mol. The molecule has 20 heavy (non-hydrogen) atoms. The quantitative estimate of drug-likeness (QED) is 0.879. The van der Waals surface area contributed by atoms with Gasteiger partial charge in [0.05, 0.1) is 6.61 Å². The van der Waals surface area contributed by atoms with Gasteiger partial charge < -0.3 is 9.84 Å². The second kappa shape index (κ2) is 6.23. The normalized spacial score (nSPS) is 10.5. The molecule has 0 radical (unpaired) electrons. The Hall–Kier alpha value is -2.30. The van der Waals surface area contributed by atoms with Crippen molar-refractivity contribution >= 4 is 5.97 Å². The highest BCUT2D eigenvalue weighted by Crippen LogP contribution is 2.24. The Labute approximate surface area is 117 Å². The maximum Gasteiger partial charge on any atom is 0.356 e. The van der Waals surface area contributed by atoms with E-state index in [9.17, 15) is 4.79 Å². The highest BCUT2D eigenvalue weighted by Gasteiger charge is 2.15. The summed E-state index contributed by atoms with van der Waals surface area (Å²) in [5.41, 5.74) is 1.66. The molecule has 2 aromatic rings. The molecule has 0 atom stereocenters. The first kappa shape index (κ1) is 14.1. The molecule has 1 heterocycles. The van der Waals surface area contributed by atoms with Gasteiger partial charge in [0.2, 0.25) is 0 Å². The number of para-hydroxylation sites is 2. The number of benzene rings is 1. The molecule has 1 N–H and O–H groups in total. The predicted molar refractivity (Wildman–Crippen MR) is 75.7 cm³/mol. The first-order chi connectivity index (χ1) is 9.67. The van der Waals surface area contributed by atoms with Gasteiger partial charge in [0.1, 0.15) is 11.4 Å². The summed E-state index contributed by atoms with van der Waals surface area (Å²) >= 11 is 0. The maximum atomic E-state index is 11.1. The smallest absolute Gasteiger partial charge is 0.356 e. The van der Waals surface area contributed by atoms with Crippen molar-refractivity contribution in [1.29, 1.82) is 0 Å². The van der Waals surface area contributed by atoms with Gasteiger partial charge in [-0.15, -0.1) is 0 Å². The molecule has 0 saturated heterocycles. The van der Waals surface area contributed by atoms with Crippen LogP contribution in [0.5, 0.6) is 5.75 Å². The van der Waals surface area contributed by atoms with Crippen molar-refractivity contribution in [3.8, 4) is 11.4 Å². The van der Waals surface area contributed by atoms with Crippen LogP contribution in [-0.2, 0) is 6.42 Å². The molecule has 1 aromatic heterocycles. The Balaban J connectivity index is 2.47. The van der Waals surface area contributed by atoms with Gasteiger partial charge in [0.15, 0.2) is 5.69 Å². The molecule has 0 spiro atoms. The van der Waals surface area contributed by atoms with Gasteiger partial charge in [-0.2, -0.15) is 5.10 Å². The van der Waals surface area contributed by atoms with Gasteiger partial charge in [0, 0.05) is 5.69 Å². The number of ether oxygens (including phenoxy) is 1. The third kappa shape index (κ3) is 2.82. The highest BCUT2D eigenvalue weighted by atomic mass is 16.5. The van der Waals surface area contributed by atoms with Crippen molar-refractivity contribution in [2.45, 2.75) is 26.7 Å². The van der Waals surface area contributed by atoms with E-state index in [4.69, 9.17) is 9.84 Å². The lowest BCUT2D eigenvalue weighted by Crippen LogP contribution is -2.06. The molecule has 1 aromatic carbocycles. The molecule has 2 rings (SSSR count). The third-order valence-electron chi connectivity index (χ3n) is 2.92. The van der Waals surface area contributed by atoms with Gasteiger partial charge in [-0.1, -0.05) is 26.0 Å². The van der Waals surface area contributed by atoms with Crippen LogP contribution in [0.25, 0.3) is 5.69 Å². The molecule has 0 amide bonds. The average molecular weight is 274 g/mol. The Morgan fingerprint density at radius 1 is 1.35 bits per heavy atom. The number of carbonyl (C=O) groups is 1. The van der Waals surface area contributed by atoms with E-state index in [1.165, 1.54) is 0 Å². The van der Waals surface area contributed by atoms with E-state index in [-0.39, 0.29) is 5.69 Å². The molecule has 5 nitrogen and oxygen atoms in total. The minimum Gasteiger partial charge on any atom is -0.491 e. The monoisotopic (exact) mass is 274 g/mol. The predicted octanol–water partition coefficient (Wildman–Crippen LogP) is 2.92. The first-order valence-corrected chi connectivity index (χ1v) is 6.71. The zero-order chi connectivity index (χ0) is 14.5. The lowest BCUT2D eigenvalue weighted by atomic mass is 10.2. The number of hydrogen-bond donors (Lipinski definition) is 1.